The van der Waals surface area contributed by atoms with Crippen molar-refractivity contribution in [3.05, 3.63) is 52.3 Å². The van der Waals surface area contributed by atoms with Gasteiger partial charge in [-0.2, -0.15) is 5.10 Å². The van der Waals surface area contributed by atoms with Gasteiger partial charge in [-0.05, 0) is 44.4 Å². The van der Waals surface area contributed by atoms with Crippen molar-refractivity contribution in [1.82, 2.24) is 20.0 Å². The van der Waals surface area contributed by atoms with Crippen LogP contribution in [0.5, 0.6) is 0 Å². The van der Waals surface area contributed by atoms with E-state index in [0.29, 0.717) is 6.54 Å². The van der Waals surface area contributed by atoms with Crippen LogP contribution in [-0.2, 0) is 13.6 Å². The molecule has 0 spiro atoms. The van der Waals surface area contributed by atoms with Crippen molar-refractivity contribution in [3.8, 4) is 0 Å². The molecule has 1 aliphatic heterocycles. The first-order chi connectivity index (χ1) is 12.4. The Balaban J connectivity index is 1.68. The minimum atomic E-state index is -0.956. The lowest BCUT2D eigenvalue weighted by Gasteiger charge is -2.25. The van der Waals surface area contributed by atoms with Crippen molar-refractivity contribution in [1.29, 1.82) is 0 Å². The van der Waals surface area contributed by atoms with E-state index < -0.39 is 5.97 Å². The molecule has 1 aromatic carbocycles. The van der Waals surface area contributed by atoms with Gasteiger partial charge >= 0.3 is 12.0 Å². The molecule has 2 N–H and O–H groups in total. The molecule has 7 heteroatoms. The Morgan fingerprint density at radius 2 is 1.96 bits per heavy atom. The van der Waals surface area contributed by atoms with E-state index in [1.54, 1.807) is 24.3 Å². The lowest BCUT2D eigenvalue weighted by atomic mass is 10.0. The smallest absolute Gasteiger partial charge is 0.335 e. The van der Waals surface area contributed by atoms with E-state index in [2.05, 4.69) is 10.4 Å². The lowest BCUT2D eigenvalue weighted by molar-refractivity contribution is 0.0697. The maximum atomic E-state index is 12.7. The largest absolute Gasteiger partial charge is 0.478 e. The first-order valence-corrected chi connectivity index (χ1v) is 8.75. The summed E-state index contributed by atoms with van der Waals surface area (Å²) in [6.45, 7) is 5.11. The van der Waals surface area contributed by atoms with Crippen molar-refractivity contribution in [2.45, 2.75) is 39.3 Å². The summed E-state index contributed by atoms with van der Waals surface area (Å²) in [6, 6.07) is 6.49. The van der Waals surface area contributed by atoms with Crippen LogP contribution in [0.15, 0.2) is 24.3 Å². The molecule has 1 saturated heterocycles. The number of aromatic nitrogens is 2. The van der Waals surface area contributed by atoms with Crippen molar-refractivity contribution >= 4 is 12.0 Å². The van der Waals surface area contributed by atoms with Crippen LogP contribution in [0.1, 0.15) is 51.8 Å². The summed E-state index contributed by atoms with van der Waals surface area (Å²) in [5.74, 6) is -0.956. The fourth-order valence-electron chi connectivity index (χ4n) is 3.63. The maximum Gasteiger partial charge on any atom is 0.335 e. The highest BCUT2D eigenvalue weighted by molar-refractivity contribution is 5.87. The summed E-state index contributed by atoms with van der Waals surface area (Å²) in [7, 11) is 1.92. The number of aryl methyl sites for hydroxylation is 2. The number of carbonyl (C=O) groups is 2. The Bertz CT molecular complexity index is 826. The molecule has 26 heavy (non-hydrogen) atoms. The van der Waals surface area contributed by atoms with Crippen molar-refractivity contribution in [2.24, 2.45) is 7.05 Å². The number of carbonyl (C=O) groups excluding carboxylic acids is 1. The molecule has 2 aromatic rings. The van der Waals surface area contributed by atoms with E-state index in [1.165, 1.54) is 0 Å². The molecule has 138 valence electrons. The van der Waals surface area contributed by atoms with Crippen molar-refractivity contribution in [3.63, 3.8) is 0 Å². The van der Waals surface area contributed by atoms with Gasteiger partial charge in [0.25, 0.3) is 0 Å². The second-order valence-electron chi connectivity index (χ2n) is 6.72. The highest BCUT2D eigenvalue weighted by atomic mass is 16.4. The van der Waals surface area contributed by atoms with Crippen LogP contribution in [0.4, 0.5) is 4.79 Å². The number of urea groups is 1. The summed E-state index contributed by atoms with van der Waals surface area (Å²) >= 11 is 0. The zero-order valence-corrected chi connectivity index (χ0v) is 15.3. The third-order valence-electron chi connectivity index (χ3n) is 5.06. The Labute approximate surface area is 152 Å². The number of hydrogen-bond donors (Lipinski definition) is 2. The number of carboxylic acids is 1. The summed E-state index contributed by atoms with van der Waals surface area (Å²) in [5, 5.41) is 16.4. The summed E-state index contributed by atoms with van der Waals surface area (Å²) in [5.41, 5.74) is 4.32. The SMILES string of the molecule is Cc1nn(C)c(C)c1C1CCCN1C(=O)NCc1ccc(C(=O)O)cc1. The van der Waals surface area contributed by atoms with Crippen LogP contribution in [0.3, 0.4) is 0 Å². The minimum absolute atomic E-state index is 0.0538. The second-order valence-corrected chi connectivity index (χ2v) is 6.72. The number of amides is 2. The van der Waals surface area contributed by atoms with Crippen molar-refractivity contribution < 1.29 is 14.7 Å². The molecule has 7 nitrogen and oxygen atoms in total. The van der Waals surface area contributed by atoms with Crippen LogP contribution in [0, 0.1) is 13.8 Å². The molecule has 1 atom stereocenters. The van der Waals surface area contributed by atoms with E-state index in [1.807, 2.05) is 30.5 Å². The maximum absolute atomic E-state index is 12.7. The molecular formula is C19H24N4O3. The standard InChI is InChI=1S/C19H24N4O3/c1-12-17(13(2)22(3)21-12)16-5-4-10-23(16)19(26)20-11-14-6-8-15(9-7-14)18(24)25/h6-9,16H,4-5,10-11H2,1-3H3,(H,20,26)(H,24,25). The van der Waals surface area contributed by atoms with Crippen molar-refractivity contribution in [2.75, 3.05) is 6.54 Å². The molecule has 2 heterocycles. The van der Waals surface area contributed by atoms with E-state index in [0.717, 1.165) is 41.9 Å². The number of hydrogen-bond acceptors (Lipinski definition) is 3. The lowest BCUT2D eigenvalue weighted by Crippen LogP contribution is -2.39. The number of nitrogens with one attached hydrogen (secondary N) is 1. The molecule has 3 rings (SSSR count). The van der Waals surface area contributed by atoms with E-state index in [9.17, 15) is 9.59 Å². The molecule has 0 radical (unpaired) electrons. The summed E-state index contributed by atoms with van der Waals surface area (Å²) in [4.78, 5) is 25.5. The Kier molecular flexibility index (Phi) is 4.97. The fourth-order valence-corrected chi connectivity index (χ4v) is 3.63. The highest BCUT2D eigenvalue weighted by Crippen LogP contribution is 2.35. The second kappa shape index (κ2) is 7.19. The number of likely N-dealkylation sites (tertiary alicyclic amines) is 1. The molecule has 1 aromatic heterocycles. The molecule has 2 amide bonds. The summed E-state index contributed by atoms with van der Waals surface area (Å²) in [6.07, 6.45) is 1.91. The minimum Gasteiger partial charge on any atom is -0.478 e. The average Bonchev–Trinajstić information content (AvgIpc) is 3.18. The first-order valence-electron chi connectivity index (χ1n) is 8.75. The van der Waals surface area contributed by atoms with Gasteiger partial charge in [0.15, 0.2) is 0 Å². The number of rotatable bonds is 4. The molecule has 0 aliphatic carbocycles. The molecule has 1 aliphatic rings. The van der Waals surface area contributed by atoms with Gasteiger partial charge in [0.2, 0.25) is 0 Å². The van der Waals surface area contributed by atoms with E-state index in [4.69, 9.17) is 5.11 Å². The molecular weight excluding hydrogens is 332 g/mol. The van der Waals surface area contributed by atoms with Gasteiger partial charge in [-0.1, -0.05) is 12.1 Å². The van der Waals surface area contributed by atoms with Gasteiger partial charge in [0.05, 0.1) is 17.3 Å². The third kappa shape index (κ3) is 3.42. The quantitative estimate of drug-likeness (QED) is 0.882. The molecule has 1 unspecified atom stereocenters. The molecule has 0 bridgehead atoms. The number of benzene rings is 1. The highest BCUT2D eigenvalue weighted by Gasteiger charge is 2.33. The third-order valence-corrected chi connectivity index (χ3v) is 5.06. The average molecular weight is 356 g/mol. The number of carboxylic acid groups (broad SMARTS) is 1. The predicted molar refractivity (Wildman–Crippen MR) is 97.0 cm³/mol. The van der Waals surface area contributed by atoms with Gasteiger partial charge in [-0.25, -0.2) is 9.59 Å². The zero-order chi connectivity index (χ0) is 18.8. The Morgan fingerprint density at radius 1 is 1.27 bits per heavy atom. The van der Waals surface area contributed by atoms with E-state index in [-0.39, 0.29) is 17.6 Å². The van der Waals surface area contributed by atoms with Crippen LogP contribution in [-0.4, -0.2) is 38.3 Å². The van der Waals surface area contributed by atoms with Crippen LogP contribution in [0.25, 0.3) is 0 Å². The van der Waals surface area contributed by atoms with Gasteiger partial charge < -0.3 is 15.3 Å². The number of aromatic carboxylic acids is 1. The van der Waals surface area contributed by atoms with Gasteiger partial charge in [0, 0.05) is 31.4 Å². The predicted octanol–water partition coefficient (Wildman–Crippen LogP) is 2.78. The zero-order valence-electron chi connectivity index (χ0n) is 15.3. The molecule has 1 fully saturated rings. The van der Waals surface area contributed by atoms with Gasteiger partial charge in [0.1, 0.15) is 0 Å². The van der Waals surface area contributed by atoms with Crippen LogP contribution < -0.4 is 5.32 Å². The van der Waals surface area contributed by atoms with Crippen LogP contribution in [0.2, 0.25) is 0 Å². The Hall–Kier alpha value is -2.83. The van der Waals surface area contributed by atoms with Gasteiger partial charge in [-0.15, -0.1) is 0 Å². The first kappa shape index (κ1) is 18.0. The van der Waals surface area contributed by atoms with Crippen LogP contribution >= 0.6 is 0 Å². The Morgan fingerprint density at radius 3 is 2.54 bits per heavy atom. The van der Waals surface area contributed by atoms with Gasteiger partial charge in [-0.3, -0.25) is 4.68 Å². The number of nitrogens with zero attached hydrogens (tertiary/aromatic N) is 3. The fraction of sp³-hybridized carbons (Fsp3) is 0.421. The summed E-state index contributed by atoms with van der Waals surface area (Å²) < 4.78 is 1.86. The molecule has 0 saturated carbocycles. The monoisotopic (exact) mass is 356 g/mol. The van der Waals surface area contributed by atoms with E-state index >= 15 is 0 Å². The normalized spacial score (nSPS) is 16.7. The topological polar surface area (TPSA) is 87.5 Å².